The van der Waals surface area contributed by atoms with Crippen LogP contribution >= 0.6 is 0 Å². The molecule has 3 aromatic carbocycles. The molecule has 1 atom stereocenters. The van der Waals surface area contributed by atoms with E-state index in [1.54, 1.807) is 50.4 Å². The number of benzene rings is 3. The largest absolute Gasteiger partial charge is 0.497 e. The van der Waals surface area contributed by atoms with Gasteiger partial charge in [0.1, 0.15) is 36.2 Å². The lowest BCUT2D eigenvalue weighted by Crippen LogP contribution is -2.30. The molecule has 0 bridgehead atoms. The van der Waals surface area contributed by atoms with E-state index in [2.05, 4.69) is 5.32 Å². The lowest BCUT2D eigenvalue weighted by Gasteiger charge is -2.15. The van der Waals surface area contributed by atoms with Crippen LogP contribution in [-0.2, 0) is 4.79 Å². The van der Waals surface area contributed by atoms with Gasteiger partial charge >= 0.3 is 0 Å². The van der Waals surface area contributed by atoms with E-state index in [9.17, 15) is 4.79 Å². The maximum atomic E-state index is 12.4. The number of carbonyl (C=O) groups is 1. The fraction of sp³-hybridized carbons (Fsp3) is 0.208. The van der Waals surface area contributed by atoms with Crippen molar-refractivity contribution in [3.05, 3.63) is 78.9 Å². The van der Waals surface area contributed by atoms with Gasteiger partial charge in [-0.2, -0.15) is 0 Å². The Balaban J connectivity index is 1.46. The van der Waals surface area contributed by atoms with Crippen molar-refractivity contribution in [2.45, 2.75) is 13.0 Å². The minimum Gasteiger partial charge on any atom is -0.497 e. The van der Waals surface area contributed by atoms with Crippen LogP contribution in [0.4, 0.5) is 5.69 Å². The van der Waals surface area contributed by atoms with Crippen LogP contribution in [0.2, 0.25) is 0 Å². The highest BCUT2D eigenvalue weighted by molar-refractivity contribution is 5.94. The second kappa shape index (κ2) is 10.8. The van der Waals surface area contributed by atoms with Gasteiger partial charge in [0.05, 0.1) is 7.11 Å². The number of methoxy groups -OCH3 is 1. The predicted molar refractivity (Wildman–Crippen MR) is 116 cm³/mol. The van der Waals surface area contributed by atoms with Crippen molar-refractivity contribution in [1.29, 1.82) is 0 Å². The van der Waals surface area contributed by atoms with Gasteiger partial charge in [0, 0.05) is 11.8 Å². The molecule has 3 rings (SSSR count). The van der Waals surface area contributed by atoms with E-state index in [1.165, 1.54) is 0 Å². The molecule has 0 aromatic heterocycles. The highest BCUT2D eigenvalue weighted by Crippen LogP contribution is 2.20. The molecule has 156 valence electrons. The van der Waals surface area contributed by atoms with E-state index < -0.39 is 6.10 Å². The molecular formula is C24H25NO5. The van der Waals surface area contributed by atoms with Crippen molar-refractivity contribution < 1.29 is 23.7 Å². The molecule has 3 aromatic rings. The number of rotatable bonds is 10. The van der Waals surface area contributed by atoms with Gasteiger partial charge in [-0.05, 0) is 55.5 Å². The van der Waals surface area contributed by atoms with Gasteiger partial charge in [0.2, 0.25) is 0 Å². The molecule has 1 amide bonds. The third kappa shape index (κ3) is 6.44. The summed E-state index contributed by atoms with van der Waals surface area (Å²) in [7, 11) is 1.60. The average Bonchev–Trinajstić information content (AvgIpc) is 2.78. The maximum Gasteiger partial charge on any atom is 0.265 e. The van der Waals surface area contributed by atoms with E-state index >= 15 is 0 Å². The van der Waals surface area contributed by atoms with E-state index in [0.717, 1.165) is 11.5 Å². The highest BCUT2D eigenvalue weighted by atomic mass is 16.5. The molecule has 0 saturated heterocycles. The van der Waals surface area contributed by atoms with Crippen LogP contribution in [0.5, 0.6) is 23.0 Å². The Hall–Kier alpha value is -3.67. The molecule has 0 fully saturated rings. The molecule has 30 heavy (non-hydrogen) atoms. The topological polar surface area (TPSA) is 66.0 Å². The first-order valence-electron chi connectivity index (χ1n) is 9.66. The first-order chi connectivity index (χ1) is 14.6. The molecule has 6 nitrogen and oxygen atoms in total. The SMILES string of the molecule is COc1ccc(OC(C)C(=O)Nc2cccc(OCCOc3ccccc3)c2)cc1. The van der Waals surface area contributed by atoms with E-state index in [4.69, 9.17) is 18.9 Å². The summed E-state index contributed by atoms with van der Waals surface area (Å²) in [5.74, 6) is 2.51. The van der Waals surface area contributed by atoms with Gasteiger partial charge in [-0.1, -0.05) is 24.3 Å². The summed E-state index contributed by atoms with van der Waals surface area (Å²) in [4.78, 5) is 12.4. The Bertz CT molecular complexity index is 928. The smallest absolute Gasteiger partial charge is 0.265 e. The van der Waals surface area contributed by atoms with Crippen molar-refractivity contribution in [2.75, 3.05) is 25.6 Å². The van der Waals surface area contributed by atoms with E-state index in [-0.39, 0.29) is 5.91 Å². The van der Waals surface area contributed by atoms with Crippen molar-refractivity contribution >= 4 is 11.6 Å². The number of nitrogens with one attached hydrogen (secondary N) is 1. The van der Waals surface area contributed by atoms with Crippen molar-refractivity contribution in [2.24, 2.45) is 0 Å². The Morgan fingerprint density at radius 3 is 2.13 bits per heavy atom. The molecule has 0 saturated carbocycles. The Morgan fingerprint density at radius 1 is 0.800 bits per heavy atom. The maximum absolute atomic E-state index is 12.4. The number of amides is 1. The minimum atomic E-state index is -0.665. The molecule has 0 aliphatic rings. The molecule has 1 unspecified atom stereocenters. The summed E-state index contributed by atoms with van der Waals surface area (Å²) < 4.78 is 22.1. The lowest BCUT2D eigenvalue weighted by atomic mass is 10.2. The van der Waals surface area contributed by atoms with E-state index in [1.807, 2.05) is 42.5 Å². The molecular weight excluding hydrogens is 382 g/mol. The van der Waals surface area contributed by atoms with Gasteiger partial charge in [0.25, 0.3) is 5.91 Å². The predicted octanol–water partition coefficient (Wildman–Crippen LogP) is 4.56. The number of ether oxygens (including phenoxy) is 4. The number of anilines is 1. The first kappa shape index (κ1) is 21.0. The van der Waals surface area contributed by atoms with Crippen molar-refractivity contribution in [1.82, 2.24) is 0 Å². The summed E-state index contributed by atoms with van der Waals surface area (Å²) in [5, 5.41) is 2.84. The molecule has 6 heteroatoms. The Labute approximate surface area is 176 Å². The zero-order valence-electron chi connectivity index (χ0n) is 17.0. The summed E-state index contributed by atoms with van der Waals surface area (Å²) in [6, 6.07) is 23.8. The minimum absolute atomic E-state index is 0.254. The van der Waals surface area contributed by atoms with Gasteiger partial charge in [-0.3, -0.25) is 4.79 Å². The second-order valence-electron chi connectivity index (χ2n) is 6.46. The van der Waals surface area contributed by atoms with Crippen molar-refractivity contribution in [3.8, 4) is 23.0 Å². The molecule has 0 aliphatic carbocycles. The number of carbonyl (C=O) groups excluding carboxylic acids is 1. The van der Waals surface area contributed by atoms with Crippen LogP contribution in [0.25, 0.3) is 0 Å². The lowest BCUT2D eigenvalue weighted by molar-refractivity contribution is -0.122. The monoisotopic (exact) mass is 407 g/mol. The quantitative estimate of drug-likeness (QED) is 0.499. The van der Waals surface area contributed by atoms with Gasteiger partial charge in [-0.15, -0.1) is 0 Å². The fourth-order valence-electron chi connectivity index (χ4n) is 2.66. The summed E-state index contributed by atoms with van der Waals surface area (Å²) in [6.07, 6.45) is -0.665. The Kier molecular flexibility index (Phi) is 7.55. The first-order valence-corrected chi connectivity index (χ1v) is 9.66. The molecule has 0 aliphatic heterocycles. The third-order valence-corrected chi connectivity index (χ3v) is 4.21. The molecule has 1 N–H and O–H groups in total. The van der Waals surface area contributed by atoms with Gasteiger partial charge < -0.3 is 24.3 Å². The van der Waals surface area contributed by atoms with Crippen LogP contribution in [0.1, 0.15) is 6.92 Å². The number of para-hydroxylation sites is 1. The van der Waals surface area contributed by atoms with E-state index in [0.29, 0.717) is 30.4 Å². The molecule has 0 heterocycles. The van der Waals surface area contributed by atoms with Gasteiger partial charge in [-0.25, -0.2) is 0 Å². The van der Waals surface area contributed by atoms with Gasteiger partial charge in [0.15, 0.2) is 6.10 Å². The molecule has 0 radical (unpaired) electrons. The second-order valence-corrected chi connectivity index (χ2v) is 6.46. The molecule has 0 spiro atoms. The average molecular weight is 407 g/mol. The zero-order chi connectivity index (χ0) is 21.2. The number of hydrogen-bond donors (Lipinski definition) is 1. The fourth-order valence-corrected chi connectivity index (χ4v) is 2.66. The van der Waals surface area contributed by atoms with Crippen LogP contribution in [-0.4, -0.2) is 32.3 Å². The normalized spacial score (nSPS) is 11.3. The number of hydrogen-bond acceptors (Lipinski definition) is 5. The summed E-state index contributed by atoms with van der Waals surface area (Å²) in [6.45, 7) is 2.51. The zero-order valence-corrected chi connectivity index (χ0v) is 17.0. The van der Waals surface area contributed by atoms with Crippen LogP contribution in [0.15, 0.2) is 78.9 Å². The summed E-state index contributed by atoms with van der Waals surface area (Å²) >= 11 is 0. The van der Waals surface area contributed by atoms with Crippen molar-refractivity contribution in [3.63, 3.8) is 0 Å². The van der Waals surface area contributed by atoms with Crippen LogP contribution < -0.4 is 24.3 Å². The highest BCUT2D eigenvalue weighted by Gasteiger charge is 2.15. The van der Waals surface area contributed by atoms with Crippen LogP contribution in [0.3, 0.4) is 0 Å². The standard InChI is InChI=1S/C24H25NO5/c1-18(30-22-13-11-20(27-2)12-14-22)24(26)25-19-7-6-10-23(17-19)29-16-15-28-21-8-4-3-5-9-21/h3-14,17-18H,15-16H2,1-2H3,(H,25,26). The van der Waals surface area contributed by atoms with Crippen LogP contribution in [0, 0.1) is 0 Å². The Morgan fingerprint density at radius 2 is 1.43 bits per heavy atom. The third-order valence-electron chi connectivity index (χ3n) is 4.21. The summed E-state index contributed by atoms with van der Waals surface area (Å²) in [5.41, 5.74) is 0.631.